The lowest BCUT2D eigenvalue weighted by molar-refractivity contribution is -0.119. The fraction of sp³-hybridized carbons (Fsp3) is 0.0455. The van der Waals surface area contributed by atoms with Gasteiger partial charge in [-0.05, 0) is 42.5 Å². The zero-order chi connectivity index (χ0) is 25.2. The second kappa shape index (κ2) is 10.4. The highest BCUT2D eigenvalue weighted by Gasteiger charge is 2.24. The van der Waals surface area contributed by atoms with E-state index in [4.69, 9.17) is 39.5 Å². The zero-order valence-electron chi connectivity index (χ0n) is 17.4. The maximum atomic E-state index is 12.9. The van der Waals surface area contributed by atoms with Crippen LogP contribution in [0.4, 0.5) is 10.8 Å². The summed E-state index contributed by atoms with van der Waals surface area (Å²) < 4.78 is 34.0. The Bertz CT molecular complexity index is 1520. The Kier molecular flexibility index (Phi) is 7.48. The van der Waals surface area contributed by atoms with Crippen LogP contribution in [0.5, 0.6) is 0 Å². The third-order valence-corrected chi connectivity index (χ3v) is 7.83. The van der Waals surface area contributed by atoms with Gasteiger partial charge in [0.1, 0.15) is 4.90 Å². The van der Waals surface area contributed by atoms with Gasteiger partial charge >= 0.3 is 5.97 Å². The maximum absolute atomic E-state index is 12.9. The molecular formula is C22H14Cl3N3O5S2. The molecule has 0 bridgehead atoms. The van der Waals surface area contributed by atoms with Crippen LogP contribution in [-0.4, -0.2) is 31.9 Å². The second-order valence-electron chi connectivity index (χ2n) is 6.99. The van der Waals surface area contributed by atoms with Crippen LogP contribution in [0.1, 0.15) is 10.4 Å². The monoisotopic (exact) mass is 569 g/mol. The number of carbonyl (C=O) groups is 2. The molecule has 0 aliphatic carbocycles. The molecule has 0 saturated carbocycles. The molecule has 13 heteroatoms. The molecule has 180 valence electrons. The second-order valence-corrected chi connectivity index (χ2v) is 10.9. The number of sulfonamides is 1. The number of benzene rings is 3. The van der Waals surface area contributed by atoms with Crippen LogP contribution in [0.2, 0.25) is 15.1 Å². The van der Waals surface area contributed by atoms with Crippen molar-refractivity contribution in [2.45, 2.75) is 4.90 Å². The molecule has 4 aromatic rings. The number of amides is 1. The molecule has 1 amide bonds. The summed E-state index contributed by atoms with van der Waals surface area (Å²) >= 11 is 19.3. The lowest BCUT2D eigenvalue weighted by Gasteiger charge is -2.12. The summed E-state index contributed by atoms with van der Waals surface area (Å²) in [5.41, 5.74) is 0.632. The number of carbonyl (C=O) groups excluding carboxylic acids is 2. The smallest absolute Gasteiger partial charge is 0.340 e. The highest BCUT2D eigenvalue weighted by molar-refractivity contribution is 7.92. The van der Waals surface area contributed by atoms with E-state index in [1.54, 1.807) is 18.2 Å². The lowest BCUT2D eigenvalue weighted by atomic mass is 10.2. The Balaban J connectivity index is 1.47. The van der Waals surface area contributed by atoms with Gasteiger partial charge in [0.15, 0.2) is 11.7 Å². The number of aromatic nitrogens is 1. The van der Waals surface area contributed by atoms with Crippen molar-refractivity contribution in [2.24, 2.45) is 0 Å². The first kappa shape index (κ1) is 25.2. The van der Waals surface area contributed by atoms with Crippen molar-refractivity contribution in [3.8, 4) is 0 Å². The van der Waals surface area contributed by atoms with Crippen molar-refractivity contribution < 1.29 is 22.7 Å². The number of ether oxygens (including phenoxy) is 1. The van der Waals surface area contributed by atoms with E-state index in [-0.39, 0.29) is 21.3 Å². The van der Waals surface area contributed by atoms with Crippen molar-refractivity contribution in [3.05, 3.63) is 81.3 Å². The first-order chi connectivity index (χ1) is 16.6. The molecule has 0 radical (unpaired) electrons. The van der Waals surface area contributed by atoms with Gasteiger partial charge in [-0.1, -0.05) is 64.3 Å². The van der Waals surface area contributed by atoms with Crippen molar-refractivity contribution >= 4 is 89.1 Å². The number of hydrogen-bond acceptors (Lipinski definition) is 7. The molecule has 0 fully saturated rings. The Morgan fingerprint density at radius 1 is 0.971 bits per heavy atom. The Morgan fingerprint density at radius 3 is 2.49 bits per heavy atom. The fourth-order valence-corrected chi connectivity index (χ4v) is 5.92. The van der Waals surface area contributed by atoms with Crippen LogP contribution in [0.25, 0.3) is 10.2 Å². The van der Waals surface area contributed by atoms with Gasteiger partial charge in [-0.2, -0.15) is 0 Å². The van der Waals surface area contributed by atoms with Crippen LogP contribution < -0.4 is 10.0 Å². The number of thiazole rings is 1. The average Bonchev–Trinajstić information content (AvgIpc) is 3.19. The number of halogens is 3. The number of esters is 1. The van der Waals surface area contributed by atoms with Gasteiger partial charge in [0.05, 0.1) is 31.5 Å². The Hall–Kier alpha value is -2.89. The van der Waals surface area contributed by atoms with Gasteiger partial charge in [-0.3, -0.25) is 14.8 Å². The van der Waals surface area contributed by atoms with Crippen LogP contribution in [0.3, 0.4) is 0 Å². The van der Waals surface area contributed by atoms with Crippen LogP contribution in [0, 0.1) is 0 Å². The predicted octanol–water partition coefficient (Wildman–Crippen LogP) is 5.85. The third kappa shape index (κ3) is 6.03. The van der Waals surface area contributed by atoms with Crippen molar-refractivity contribution in [1.29, 1.82) is 0 Å². The number of rotatable bonds is 7. The van der Waals surface area contributed by atoms with Gasteiger partial charge in [-0.15, -0.1) is 0 Å². The van der Waals surface area contributed by atoms with Crippen molar-refractivity contribution in [3.63, 3.8) is 0 Å². The molecule has 1 heterocycles. The molecule has 35 heavy (non-hydrogen) atoms. The quantitative estimate of drug-likeness (QED) is 0.269. The van der Waals surface area contributed by atoms with E-state index in [2.05, 4.69) is 15.0 Å². The molecule has 2 N–H and O–H groups in total. The first-order valence-corrected chi connectivity index (χ1v) is 13.2. The SMILES string of the molecule is O=C(COC(=O)c1cc(S(=O)(=O)Nc2cccc(Cl)c2)c(Cl)cc1Cl)Nc1nc2ccccc2s1. The van der Waals surface area contributed by atoms with E-state index < -0.39 is 33.4 Å². The molecule has 8 nitrogen and oxygen atoms in total. The maximum Gasteiger partial charge on any atom is 0.340 e. The predicted molar refractivity (Wildman–Crippen MR) is 137 cm³/mol. The van der Waals surface area contributed by atoms with E-state index in [0.29, 0.717) is 10.2 Å². The number of anilines is 2. The van der Waals surface area contributed by atoms with E-state index in [9.17, 15) is 18.0 Å². The summed E-state index contributed by atoms with van der Waals surface area (Å²) in [6.45, 7) is -0.642. The van der Waals surface area contributed by atoms with E-state index in [1.807, 2.05) is 18.2 Å². The minimum atomic E-state index is -4.21. The first-order valence-electron chi connectivity index (χ1n) is 9.72. The molecule has 4 rings (SSSR count). The summed E-state index contributed by atoms with van der Waals surface area (Å²) in [4.78, 5) is 28.7. The number of nitrogens with zero attached hydrogens (tertiary/aromatic N) is 1. The average molecular weight is 571 g/mol. The van der Waals surface area contributed by atoms with Crippen molar-refractivity contribution in [2.75, 3.05) is 16.6 Å². The number of para-hydroxylation sites is 1. The standard InChI is InChI=1S/C22H14Cl3N3O5S2/c23-12-4-3-5-13(8-12)28-35(31,32)19-9-14(15(24)10-16(19)25)21(30)33-11-20(29)27-22-26-17-6-1-2-7-18(17)34-22/h1-10,28H,11H2,(H,26,27,29). The molecule has 0 spiro atoms. The Labute approximate surface area is 218 Å². The number of hydrogen-bond donors (Lipinski definition) is 2. The topological polar surface area (TPSA) is 114 Å². The van der Waals surface area contributed by atoms with Crippen LogP contribution in [-0.2, 0) is 19.6 Å². The molecular weight excluding hydrogens is 557 g/mol. The minimum absolute atomic E-state index is 0.145. The summed E-state index contributed by atoms with van der Waals surface area (Å²) in [6, 6.07) is 15.5. The van der Waals surface area contributed by atoms with Crippen LogP contribution >= 0.6 is 46.1 Å². The number of nitrogens with one attached hydrogen (secondary N) is 2. The fourth-order valence-electron chi connectivity index (χ4n) is 2.94. The molecule has 0 aliphatic heterocycles. The minimum Gasteiger partial charge on any atom is -0.452 e. The molecule has 0 unspecified atom stereocenters. The normalized spacial score (nSPS) is 11.3. The zero-order valence-corrected chi connectivity index (χ0v) is 21.3. The van der Waals surface area contributed by atoms with Gasteiger partial charge in [0, 0.05) is 5.02 Å². The summed E-state index contributed by atoms with van der Waals surface area (Å²) in [7, 11) is -4.21. The molecule has 0 saturated heterocycles. The molecule has 1 aromatic heterocycles. The van der Waals surface area contributed by atoms with Gasteiger partial charge < -0.3 is 4.74 Å². The highest BCUT2D eigenvalue weighted by atomic mass is 35.5. The summed E-state index contributed by atoms with van der Waals surface area (Å²) in [5.74, 6) is -1.64. The highest BCUT2D eigenvalue weighted by Crippen LogP contribution is 2.31. The van der Waals surface area contributed by atoms with Gasteiger partial charge in [0.2, 0.25) is 0 Å². The van der Waals surface area contributed by atoms with E-state index in [1.165, 1.54) is 23.5 Å². The summed E-state index contributed by atoms with van der Waals surface area (Å²) in [6.07, 6.45) is 0. The Morgan fingerprint density at radius 2 is 1.74 bits per heavy atom. The van der Waals surface area contributed by atoms with Gasteiger partial charge in [0.25, 0.3) is 15.9 Å². The van der Waals surface area contributed by atoms with E-state index in [0.717, 1.165) is 22.3 Å². The van der Waals surface area contributed by atoms with Crippen LogP contribution in [0.15, 0.2) is 65.6 Å². The third-order valence-electron chi connectivity index (χ3n) is 4.48. The van der Waals surface area contributed by atoms with E-state index >= 15 is 0 Å². The number of fused-ring (bicyclic) bond motifs is 1. The lowest BCUT2D eigenvalue weighted by Crippen LogP contribution is -2.21. The molecule has 3 aromatic carbocycles. The summed E-state index contributed by atoms with van der Waals surface area (Å²) in [5, 5.41) is 2.86. The van der Waals surface area contributed by atoms with Crippen molar-refractivity contribution in [1.82, 2.24) is 4.98 Å². The molecule has 0 aliphatic rings. The molecule has 0 atom stereocenters. The van der Waals surface area contributed by atoms with Gasteiger partial charge in [-0.25, -0.2) is 18.2 Å². The largest absolute Gasteiger partial charge is 0.452 e.